The molecule has 0 radical (unpaired) electrons. The smallest absolute Gasteiger partial charge is 0.170 e. The highest BCUT2D eigenvalue weighted by molar-refractivity contribution is 5.96. The SMILES string of the molecule is Cc1ccc(C#N)cc1.Cc1ccc(C(N)=NO)cc1. The summed E-state index contributed by atoms with van der Waals surface area (Å²) in [4.78, 5) is 0. The Morgan fingerprint density at radius 2 is 1.45 bits per heavy atom. The molecule has 4 nitrogen and oxygen atoms in total. The molecular weight excluding hydrogens is 250 g/mol. The van der Waals surface area contributed by atoms with Crippen LogP contribution in [0.4, 0.5) is 0 Å². The van der Waals surface area contributed by atoms with Crippen LogP contribution in [0.15, 0.2) is 53.7 Å². The quantitative estimate of drug-likeness (QED) is 0.360. The minimum Gasteiger partial charge on any atom is -0.409 e. The van der Waals surface area contributed by atoms with E-state index in [0.29, 0.717) is 0 Å². The average molecular weight is 267 g/mol. The van der Waals surface area contributed by atoms with E-state index in [4.69, 9.17) is 16.2 Å². The molecule has 0 saturated heterocycles. The summed E-state index contributed by atoms with van der Waals surface area (Å²) in [6.07, 6.45) is 0. The highest BCUT2D eigenvalue weighted by atomic mass is 16.4. The standard InChI is InChI=1S/C8H10N2O.C8H7N/c1-6-2-4-7(5-3-6)8(9)10-11;1-7-2-4-8(6-9)5-3-7/h2-5,11H,1H3,(H2,9,10);2-5H,1H3. The zero-order chi connectivity index (χ0) is 15.0. The van der Waals surface area contributed by atoms with Gasteiger partial charge in [0.15, 0.2) is 5.84 Å². The molecule has 3 N–H and O–H groups in total. The van der Waals surface area contributed by atoms with Gasteiger partial charge in [0.2, 0.25) is 0 Å². The summed E-state index contributed by atoms with van der Waals surface area (Å²) in [6.45, 7) is 3.98. The van der Waals surface area contributed by atoms with Crippen molar-refractivity contribution in [2.45, 2.75) is 13.8 Å². The molecule has 102 valence electrons. The van der Waals surface area contributed by atoms with E-state index in [1.54, 1.807) is 0 Å². The summed E-state index contributed by atoms with van der Waals surface area (Å²) in [5, 5.41) is 19.6. The lowest BCUT2D eigenvalue weighted by molar-refractivity contribution is 0.318. The van der Waals surface area contributed by atoms with Gasteiger partial charge in [-0.1, -0.05) is 52.7 Å². The monoisotopic (exact) mass is 267 g/mol. The number of aryl methyl sites for hydroxylation is 2. The number of nitriles is 1. The molecule has 0 spiro atoms. The van der Waals surface area contributed by atoms with Crippen LogP contribution in [0, 0.1) is 25.2 Å². The van der Waals surface area contributed by atoms with Crippen molar-refractivity contribution in [3.05, 3.63) is 70.8 Å². The van der Waals surface area contributed by atoms with Gasteiger partial charge in [0.25, 0.3) is 0 Å². The van der Waals surface area contributed by atoms with E-state index in [0.717, 1.165) is 16.7 Å². The molecule has 0 heterocycles. The zero-order valence-corrected chi connectivity index (χ0v) is 11.5. The van der Waals surface area contributed by atoms with Crippen LogP contribution in [0.3, 0.4) is 0 Å². The highest BCUT2D eigenvalue weighted by Gasteiger charge is 1.95. The van der Waals surface area contributed by atoms with Crippen LogP contribution in [-0.4, -0.2) is 11.0 Å². The predicted molar refractivity (Wildman–Crippen MR) is 79.6 cm³/mol. The van der Waals surface area contributed by atoms with Gasteiger partial charge in [0.1, 0.15) is 0 Å². The van der Waals surface area contributed by atoms with Gasteiger partial charge in [-0.25, -0.2) is 0 Å². The van der Waals surface area contributed by atoms with Crippen LogP contribution in [-0.2, 0) is 0 Å². The molecule has 2 aromatic rings. The fraction of sp³-hybridized carbons (Fsp3) is 0.125. The molecule has 2 rings (SSSR count). The largest absolute Gasteiger partial charge is 0.409 e. The molecule has 0 aromatic heterocycles. The molecule has 0 saturated carbocycles. The lowest BCUT2D eigenvalue weighted by atomic mass is 10.1. The van der Waals surface area contributed by atoms with Crippen LogP contribution in [0.5, 0.6) is 0 Å². The maximum absolute atomic E-state index is 8.38. The minimum atomic E-state index is 0.144. The molecule has 0 unspecified atom stereocenters. The van der Waals surface area contributed by atoms with E-state index in [2.05, 4.69) is 11.2 Å². The van der Waals surface area contributed by atoms with Gasteiger partial charge in [0.05, 0.1) is 11.6 Å². The van der Waals surface area contributed by atoms with E-state index in [1.807, 2.05) is 62.4 Å². The van der Waals surface area contributed by atoms with Crippen molar-refractivity contribution >= 4 is 5.84 Å². The summed E-state index contributed by atoms with van der Waals surface area (Å²) < 4.78 is 0. The summed E-state index contributed by atoms with van der Waals surface area (Å²) in [5.41, 5.74) is 9.14. The van der Waals surface area contributed by atoms with Crippen molar-refractivity contribution in [3.63, 3.8) is 0 Å². The maximum Gasteiger partial charge on any atom is 0.170 e. The summed E-state index contributed by atoms with van der Waals surface area (Å²) in [6, 6.07) is 17.0. The van der Waals surface area contributed by atoms with Gasteiger partial charge in [-0.3, -0.25) is 0 Å². The summed E-state index contributed by atoms with van der Waals surface area (Å²) >= 11 is 0. The van der Waals surface area contributed by atoms with Crippen LogP contribution in [0.25, 0.3) is 0 Å². The van der Waals surface area contributed by atoms with Gasteiger partial charge in [-0.2, -0.15) is 5.26 Å². The Kier molecular flexibility index (Phi) is 5.79. The topological polar surface area (TPSA) is 82.4 Å². The Bertz CT molecular complexity index is 608. The fourth-order valence-corrected chi connectivity index (χ4v) is 1.41. The van der Waals surface area contributed by atoms with Crippen molar-refractivity contribution < 1.29 is 5.21 Å². The molecule has 0 fully saturated rings. The molecule has 20 heavy (non-hydrogen) atoms. The Morgan fingerprint density at radius 1 is 1.00 bits per heavy atom. The molecule has 0 aliphatic heterocycles. The van der Waals surface area contributed by atoms with E-state index >= 15 is 0 Å². The lowest BCUT2D eigenvalue weighted by Crippen LogP contribution is -2.12. The zero-order valence-electron chi connectivity index (χ0n) is 11.5. The first-order valence-electron chi connectivity index (χ1n) is 6.08. The Labute approximate surface area is 118 Å². The van der Waals surface area contributed by atoms with E-state index in [1.165, 1.54) is 5.56 Å². The van der Waals surface area contributed by atoms with Crippen molar-refractivity contribution in [2.75, 3.05) is 0 Å². The maximum atomic E-state index is 8.38. The summed E-state index contributed by atoms with van der Waals surface area (Å²) in [5.74, 6) is 0.144. The Morgan fingerprint density at radius 3 is 1.85 bits per heavy atom. The van der Waals surface area contributed by atoms with Crippen molar-refractivity contribution in [2.24, 2.45) is 10.9 Å². The molecule has 2 aromatic carbocycles. The van der Waals surface area contributed by atoms with E-state index in [-0.39, 0.29) is 5.84 Å². The Balaban J connectivity index is 0.000000204. The number of amidine groups is 1. The third-order valence-corrected chi connectivity index (χ3v) is 2.64. The first-order valence-corrected chi connectivity index (χ1v) is 6.08. The number of hydrogen-bond donors (Lipinski definition) is 2. The van der Waals surface area contributed by atoms with Crippen LogP contribution < -0.4 is 5.73 Å². The van der Waals surface area contributed by atoms with E-state index in [9.17, 15) is 0 Å². The highest BCUT2D eigenvalue weighted by Crippen LogP contribution is 2.02. The number of nitrogens with two attached hydrogens (primary N) is 1. The van der Waals surface area contributed by atoms with Crippen LogP contribution in [0.1, 0.15) is 22.3 Å². The second-order valence-corrected chi connectivity index (χ2v) is 4.33. The van der Waals surface area contributed by atoms with Crippen molar-refractivity contribution in [1.82, 2.24) is 0 Å². The molecule has 4 heteroatoms. The Hall–Kier alpha value is -2.80. The van der Waals surface area contributed by atoms with Gasteiger partial charge >= 0.3 is 0 Å². The number of hydrogen-bond acceptors (Lipinski definition) is 3. The number of benzene rings is 2. The summed E-state index contributed by atoms with van der Waals surface area (Å²) in [7, 11) is 0. The third kappa shape index (κ3) is 4.83. The fourth-order valence-electron chi connectivity index (χ4n) is 1.41. The van der Waals surface area contributed by atoms with Crippen molar-refractivity contribution in [3.8, 4) is 6.07 Å². The van der Waals surface area contributed by atoms with Gasteiger partial charge < -0.3 is 10.9 Å². The van der Waals surface area contributed by atoms with Gasteiger partial charge in [0, 0.05) is 5.56 Å². The molecular formula is C16H17N3O. The molecule has 0 atom stereocenters. The molecule has 0 aliphatic rings. The second-order valence-electron chi connectivity index (χ2n) is 4.33. The van der Waals surface area contributed by atoms with E-state index < -0.39 is 0 Å². The predicted octanol–water partition coefficient (Wildman–Crippen LogP) is 2.96. The number of nitrogens with zero attached hydrogens (tertiary/aromatic N) is 2. The second kappa shape index (κ2) is 7.59. The minimum absolute atomic E-state index is 0.144. The average Bonchev–Trinajstić information content (AvgIpc) is 2.49. The molecule has 0 bridgehead atoms. The molecule has 0 amide bonds. The van der Waals surface area contributed by atoms with Crippen LogP contribution in [0.2, 0.25) is 0 Å². The van der Waals surface area contributed by atoms with Gasteiger partial charge in [-0.05, 0) is 26.0 Å². The third-order valence-electron chi connectivity index (χ3n) is 2.64. The number of rotatable bonds is 1. The molecule has 0 aliphatic carbocycles. The number of oxime groups is 1. The first kappa shape index (κ1) is 15.3. The normalized spacial score (nSPS) is 10.2. The van der Waals surface area contributed by atoms with Crippen LogP contribution >= 0.6 is 0 Å². The van der Waals surface area contributed by atoms with Crippen molar-refractivity contribution in [1.29, 1.82) is 5.26 Å². The lowest BCUT2D eigenvalue weighted by Gasteiger charge is -1.97. The first-order chi connectivity index (χ1) is 9.56. The van der Waals surface area contributed by atoms with Gasteiger partial charge in [-0.15, -0.1) is 0 Å².